The van der Waals surface area contributed by atoms with Gasteiger partial charge in [0, 0.05) is 0 Å². The Morgan fingerprint density at radius 1 is 1.50 bits per heavy atom. The molecule has 0 aromatic carbocycles. The Hall–Kier alpha value is -0.0551. The summed E-state index contributed by atoms with van der Waals surface area (Å²) in [6, 6.07) is 0. The van der Waals surface area contributed by atoms with Gasteiger partial charge in [0.1, 0.15) is 0 Å². The summed E-state index contributed by atoms with van der Waals surface area (Å²) in [5.41, 5.74) is 4.22. The molecule has 0 saturated heterocycles. The molecular weight excluding hydrogens is 56.8 g/mol. The van der Waals surface area contributed by atoms with Gasteiger partial charge >= 0.3 is 7.25 Å². The zero-order valence-corrected chi connectivity index (χ0v) is 2.05. The van der Waals surface area contributed by atoms with Gasteiger partial charge in [0.25, 0.3) is 0 Å². The van der Waals surface area contributed by atoms with E-state index in [-0.39, 0.29) is 0 Å². The van der Waals surface area contributed by atoms with Gasteiger partial charge in [-0.05, 0) is 0 Å². The van der Waals surface area contributed by atoms with Crippen LogP contribution in [-0.4, -0.2) is 17.3 Å². The van der Waals surface area contributed by atoms with Crippen LogP contribution in [0.2, 0.25) is 0 Å². The zero-order valence-electron chi connectivity index (χ0n) is 2.05. The Morgan fingerprint density at radius 3 is 1.50 bits per heavy atom. The van der Waals surface area contributed by atoms with Crippen LogP contribution in [0, 0.1) is 0 Å². The van der Waals surface area contributed by atoms with Gasteiger partial charge in [-0.3, -0.25) is 0 Å². The van der Waals surface area contributed by atoms with Crippen LogP contribution >= 0.6 is 0 Å². The fraction of sp³-hybridized carbons (Fsp3) is 0. The normalized spacial score (nSPS) is 6.75. The maximum atomic E-state index is 7.39. The smallest absolute Gasteiger partial charge is 0.413 e. The molecule has 0 aliphatic carbocycles. The lowest BCUT2D eigenvalue weighted by molar-refractivity contribution is 0.409. The number of hydrogen-bond acceptors (Lipinski definition) is 3. The molecule has 0 rings (SSSR count). The van der Waals surface area contributed by atoms with Gasteiger partial charge in [0.2, 0.25) is 0 Å². The van der Waals surface area contributed by atoms with Crippen molar-refractivity contribution in [1.82, 2.24) is 0 Å². The predicted octanol–water partition coefficient (Wildman–Crippen LogP) is -2.09. The molecule has 0 fully saturated rings. The second-order valence-electron chi connectivity index (χ2n) is 0.414. The molecule has 0 aliphatic rings. The van der Waals surface area contributed by atoms with Gasteiger partial charge in [-0.1, -0.05) is 0 Å². The third kappa shape index (κ3) is 573. The maximum absolute atomic E-state index is 7.39. The Bertz CT molecular complexity index is 10.8. The zero-order chi connectivity index (χ0) is 3.58. The van der Waals surface area contributed by atoms with E-state index in [0.29, 0.717) is 0 Å². The van der Waals surface area contributed by atoms with E-state index < -0.39 is 7.25 Å². The van der Waals surface area contributed by atoms with Gasteiger partial charge in [-0.25, -0.2) is 0 Å². The third-order valence-corrected chi connectivity index (χ3v) is 0. The van der Waals surface area contributed by atoms with Crippen molar-refractivity contribution in [2.24, 2.45) is 5.64 Å². The van der Waals surface area contributed by atoms with Crippen molar-refractivity contribution >= 4 is 7.25 Å². The highest BCUT2D eigenvalue weighted by atomic mass is 16.4. The fourth-order valence-corrected chi connectivity index (χ4v) is 0. The van der Waals surface area contributed by atoms with E-state index in [9.17, 15) is 0 Å². The first-order chi connectivity index (χ1) is 1.73. The molecule has 0 spiro atoms. The van der Waals surface area contributed by atoms with Crippen LogP contribution in [-0.2, 0) is 0 Å². The second-order valence-corrected chi connectivity index (χ2v) is 0.414. The number of hydrogen-bond donors (Lipinski definition) is 3. The predicted molar refractivity (Wildman–Crippen MR) is 14.4 cm³/mol. The molecule has 0 radical (unpaired) electrons. The third-order valence-electron chi connectivity index (χ3n) is 0. The quantitative estimate of drug-likeness (QED) is 0.281. The van der Waals surface area contributed by atoms with Crippen LogP contribution < -0.4 is 5.64 Å². The van der Waals surface area contributed by atoms with Crippen molar-refractivity contribution < 1.29 is 10.0 Å². The SMILES string of the molecule is NB(O)O. The first kappa shape index (κ1) is 3.94. The molecule has 0 bridgehead atoms. The van der Waals surface area contributed by atoms with Crippen LogP contribution in [0.15, 0.2) is 0 Å². The summed E-state index contributed by atoms with van der Waals surface area (Å²) in [4.78, 5) is 0. The average Bonchev–Trinajstić information content (AvgIpc) is 0.811. The van der Waals surface area contributed by atoms with E-state index in [1.54, 1.807) is 0 Å². The van der Waals surface area contributed by atoms with Gasteiger partial charge < -0.3 is 15.7 Å². The molecule has 3 nitrogen and oxygen atoms in total. The largest absolute Gasteiger partial charge is 0.546 e. The molecule has 0 aromatic rings. The maximum Gasteiger partial charge on any atom is 0.546 e. The topological polar surface area (TPSA) is 66.5 Å². The van der Waals surface area contributed by atoms with Gasteiger partial charge in [-0.15, -0.1) is 0 Å². The van der Waals surface area contributed by atoms with Gasteiger partial charge in [0.05, 0.1) is 0 Å². The van der Waals surface area contributed by atoms with E-state index in [1.165, 1.54) is 0 Å². The van der Waals surface area contributed by atoms with E-state index in [2.05, 4.69) is 5.64 Å². The Balaban J connectivity index is 2.32. The molecule has 4 heteroatoms. The lowest BCUT2D eigenvalue weighted by atomic mass is 10.2. The standard InChI is InChI=1S/BH4NO2/c2-1(3)4/h3-4H,2H2. The molecule has 0 aromatic heterocycles. The van der Waals surface area contributed by atoms with Crippen LogP contribution in [0.1, 0.15) is 0 Å². The minimum Gasteiger partial charge on any atom is -0.413 e. The minimum atomic E-state index is -1.67. The summed E-state index contributed by atoms with van der Waals surface area (Å²) in [6.45, 7) is 0. The first-order valence-corrected chi connectivity index (χ1v) is 0.850. The van der Waals surface area contributed by atoms with Crippen molar-refractivity contribution in [3.8, 4) is 0 Å². The highest BCUT2D eigenvalue weighted by Gasteiger charge is 1.88. The van der Waals surface area contributed by atoms with E-state index in [1.807, 2.05) is 0 Å². The lowest BCUT2D eigenvalue weighted by Crippen LogP contribution is -2.23. The van der Waals surface area contributed by atoms with Crippen molar-refractivity contribution in [2.75, 3.05) is 0 Å². The van der Waals surface area contributed by atoms with E-state index in [0.717, 1.165) is 0 Å². The summed E-state index contributed by atoms with van der Waals surface area (Å²) in [7, 11) is -1.67. The number of rotatable bonds is 0. The summed E-state index contributed by atoms with van der Waals surface area (Å²) in [5.74, 6) is 0. The molecule has 4 heavy (non-hydrogen) atoms. The molecule has 24 valence electrons. The van der Waals surface area contributed by atoms with E-state index in [4.69, 9.17) is 10.0 Å². The molecule has 0 saturated carbocycles. The Kier molecular flexibility index (Phi) is 1.27. The van der Waals surface area contributed by atoms with Crippen molar-refractivity contribution in [3.05, 3.63) is 0 Å². The average molecular weight is 60.8 g/mol. The van der Waals surface area contributed by atoms with Crippen molar-refractivity contribution in [1.29, 1.82) is 0 Å². The molecule has 0 heterocycles. The van der Waals surface area contributed by atoms with Crippen molar-refractivity contribution in [3.63, 3.8) is 0 Å². The molecule has 4 N–H and O–H groups in total. The molecule has 0 amide bonds. The lowest BCUT2D eigenvalue weighted by Gasteiger charge is -1.71. The van der Waals surface area contributed by atoms with Crippen LogP contribution in [0.4, 0.5) is 0 Å². The first-order valence-electron chi connectivity index (χ1n) is 0.850. The van der Waals surface area contributed by atoms with E-state index >= 15 is 0 Å². The highest BCUT2D eigenvalue weighted by molar-refractivity contribution is 6.36. The molecule has 0 aliphatic heterocycles. The van der Waals surface area contributed by atoms with Crippen molar-refractivity contribution in [2.45, 2.75) is 0 Å². The summed E-state index contributed by atoms with van der Waals surface area (Å²) >= 11 is 0. The summed E-state index contributed by atoms with van der Waals surface area (Å²) in [6.07, 6.45) is 0. The van der Waals surface area contributed by atoms with Crippen LogP contribution in [0.25, 0.3) is 0 Å². The Labute approximate surface area is 24.2 Å². The minimum absolute atomic E-state index is 1.67. The van der Waals surface area contributed by atoms with Crippen LogP contribution in [0.3, 0.4) is 0 Å². The fourth-order valence-electron chi connectivity index (χ4n) is 0. The number of nitrogens with two attached hydrogens (primary N) is 1. The Morgan fingerprint density at radius 2 is 1.50 bits per heavy atom. The summed E-state index contributed by atoms with van der Waals surface area (Å²) < 4.78 is 0. The molecule has 0 atom stereocenters. The second kappa shape index (κ2) is 1.28. The molecule has 0 unspecified atom stereocenters. The monoisotopic (exact) mass is 61.0 g/mol. The summed E-state index contributed by atoms with van der Waals surface area (Å²) in [5, 5.41) is 14.8. The van der Waals surface area contributed by atoms with Gasteiger partial charge in [-0.2, -0.15) is 0 Å². The molecular formula is H4BNO2. The van der Waals surface area contributed by atoms with Crippen LogP contribution in [0.5, 0.6) is 0 Å². The van der Waals surface area contributed by atoms with Gasteiger partial charge in [0.15, 0.2) is 0 Å². The highest BCUT2D eigenvalue weighted by Crippen LogP contribution is 1.31.